The lowest BCUT2D eigenvalue weighted by atomic mass is 10.1. The summed E-state index contributed by atoms with van der Waals surface area (Å²) in [6.45, 7) is 3.17. The Bertz CT molecular complexity index is 975. The van der Waals surface area contributed by atoms with Crippen LogP contribution in [0.2, 0.25) is 0 Å². The zero-order valence-corrected chi connectivity index (χ0v) is 14.5. The third-order valence-corrected chi connectivity index (χ3v) is 4.16. The fourth-order valence-corrected chi connectivity index (χ4v) is 2.67. The molecule has 5 nitrogen and oxygen atoms in total. The van der Waals surface area contributed by atoms with Crippen molar-refractivity contribution < 1.29 is 19.4 Å². The average molecular weight is 349 g/mol. The van der Waals surface area contributed by atoms with Gasteiger partial charge in [-0.25, -0.2) is 4.79 Å². The predicted molar refractivity (Wildman–Crippen MR) is 100 cm³/mol. The summed E-state index contributed by atoms with van der Waals surface area (Å²) in [6, 6.07) is 18.1. The second-order valence-corrected chi connectivity index (χ2v) is 6.03. The number of phenols is 1. The molecule has 1 amide bonds. The molecule has 0 aliphatic carbocycles. The number of amides is 1. The Morgan fingerprint density at radius 3 is 2.50 bits per heavy atom. The summed E-state index contributed by atoms with van der Waals surface area (Å²) in [5.74, 6) is -1.33. The van der Waals surface area contributed by atoms with E-state index < -0.39 is 18.0 Å². The Balaban J connectivity index is 1.73. The number of ether oxygens (including phenoxy) is 1. The van der Waals surface area contributed by atoms with Crippen LogP contribution in [-0.4, -0.2) is 23.1 Å². The van der Waals surface area contributed by atoms with Crippen molar-refractivity contribution in [3.05, 3.63) is 71.8 Å². The molecule has 1 unspecified atom stereocenters. The first-order chi connectivity index (χ1) is 12.5. The summed E-state index contributed by atoms with van der Waals surface area (Å²) >= 11 is 0. The first-order valence-corrected chi connectivity index (χ1v) is 8.25. The van der Waals surface area contributed by atoms with Crippen molar-refractivity contribution >= 4 is 28.3 Å². The maximum absolute atomic E-state index is 12.4. The van der Waals surface area contributed by atoms with Crippen LogP contribution in [0.25, 0.3) is 10.8 Å². The maximum atomic E-state index is 12.4. The topological polar surface area (TPSA) is 75.6 Å². The van der Waals surface area contributed by atoms with Crippen LogP contribution in [0.15, 0.2) is 60.7 Å². The number of carbonyl (C=O) groups excluding carboxylic acids is 2. The van der Waals surface area contributed by atoms with E-state index in [0.29, 0.717) is 11.3 Å². The highest BCUT2D eigenvalue weighted by atomic mass is 16.5. The lowest BCUT2D eigenvalue weighted by Crippen LogP contribution is -2.30. The molecule has 0 saturated heterocycles. The van der Waals surface area contributed by atoms with E-state index in [1.54, 1.807) is 25.1 Å². The van der Waals surface area contributed by atoms with E-state index in [9.17, 15) is 14.7 Å². The molecule has 0 radical (unpaired) electrons. The molecule has 0 aliphatic heterocycles. The van der Waals surface area contributed by atoms with Crippen molar-refractivity contribution in [1.29, 1.82) is 0 Å². The lowest BCUT2D eigenvalue weighted by molar-refractivity contribution is -0.123. The number of esters is 1. The van der Waals surface area contributed by atoms with Gasteiger partial charge in [0.05, 0.1) is 0 Å². The van der Waals surface area contributed by atoms with Crippen LogP contribution in [-0.2, 0) is 9.53 Å². The van der Waals surface area contributed by atoms with Crippen molar-refractivity contribution in [1.82, 2.24) is 0 Å². The molecule has 0 bridgehead atoms. The Morgan fingerprint density at radius 1 is 1.00 bits per heavy atom. The summed E-state index contributed by atoms with van der Waals surface area (Å²) in [4.78, 5) is 24.7. The van der Waals surface area contributed by atoms with E-state index in [-0.39, 0.29) is 11.3 Å². The molecule has 0 aromatic heterocycles. The standard InChI is InChI=1S/C21H19NO4/c1-13-7-5-11-17(19(13)23)21(25)26-14(2)20(24)22-18-12-6-9-15-8-3-4-10-16(15)18/h3-12,14,23H,1-2H3,(H,22,24). The summed E-state index contributed by atoms with van der Waals surface area (Å²) in [6.07, 6.45) is -1.01. The van der Waals surface area contributed by atoms with Gasteiger partial charge in [0.15, 0.2) is 6.10 Å². The quantitative estimate of drug-likeness (QED) is 0.697. The Hall–Kier alpha value is -3.34. The largest absolute Gasteiger partial charge is 0.507 e. The zero-order chi connectivity index (χ0) is 18.7. The van der Waals surface area contributed by atoms with Gasteiger partial charge in [-0.05, 0) is 36.9 Å². The second-order valence-electron chi connectivity index (χ2n) is 6.03. The third kappa shape index (κ3) is 3.52. The minimum Gasteiger partial charge on any atom is -0.507 e. The Labute approximate surface area is 151 Å². The number of benzene rings is 3. The normalized spacial score (nSPS) is 11.8. The summed E-state index contributed by atoms with van der Waals surface area (Å²) in [7, 11) is 0. The number of nitrogens with one attached hydrogen (secondary N) is 1. The number of rotatable bonds is 4. The highest BCUT2D eigenvalue weighted by Gasteiger charge is 2.22. The van der Waals surface area contributed by atoms with E-state index in [4.69, 9.17) is 4.74 Å². The van der Waals surface area contributed by atoms with E-state index >= 15 is 0 Å². The first-order valence-electron chi connectivity index (χ1n) is 8.25. The molecule has 3 aromatic carbocycles. The van der Waals surface area contributed by atoms with Gasteiger partial charge in [0.1, 0.15) is 11.3 Å². The fourth-order valence-electron chi connectivity index (χ4n) is 2.67. The van der Waals surface area contributed by atoms with Gasteiger partial charge < -0.3 is 15.2 Å². The van der Waals surface area contributed by atoms with Crippen molar-refractivity contribution in [3.8, 4) is 5.75 Å². The van der Waals surface area contributed by atoms with Gasteiger partial charge in [0, 0.05) is 11.1 Å². The number of fused-ring (bicyclic) bond motifs is 1. The smallest absolute Gasteiger partial charge is 0.342 e. The molecule has 0 heterocycles. The van der Waals surface area contributed by atoms with Crippen LogP contribution in [0, 0.1) is 6.92 Å². The molecule has 0 fully saturated rings. The van der Waals surface area contributed by atoms with Gasteiger partial charge in [-0.1, -0.05) is 48.5 Å². The molecule has 132 valence electrons. The minimum absolute atomic E-state index is 0.0369. The Morgan fingerprint density at radius 2 is 1.69 bits per heavy atom. The second kappa shape index (κ2) is 7.27. The van der Waals surface area contributed by atoms with Crippen molar-refractivity contribution in [2.45, 2.75) is 20.0 Å². The monoisotopic (exact) mass is 349 g/mol. The molecular formula is C21H19NO4. The predicted octanol–water partition coefficient (Wildman–Crippen LogP) is 4.04. The van der Waals surface area contributed by atoms with E-state index in [1.165, 1.54) is 13.0 Å². The van der Waals surface area contributed by atoms with Gasteiger partial charge in [0.2, 0.25) is 0 Å². The molecule has 0 spiro atoms. The molecule has 2 N–H and O–H groups in total. The highest BCUT2D eigenvalue weighted by molar-refractivity contribution is 6.04. The molecule has 3 aromatic rings. The van der Waals surface area contributed by atoms with Crippen molar-refractivity contribution in [2.75, 3.05) is 5.32 Å². The van der Waals surface area contributed by atoms with Crippen molar-refractivity contribution in [3.63, 3.8) is 0 Å². The number of aryl methyl sites for hydroxylation is 1. The summed E-state index contributed by atoms with van der Waals surface area (Å²) in [5, 5.41) is 14.7. The zero-order valence-electron chi connectivity index (χ0n) is 14.5. The number of aromatic hydroxyl groups is 1. The molecule has 0 aliphatic rings. The molecule has 5 heteroatoms. The third-order valence-electron chi connectivity index (χ3n) is 4.16. The SMILES string of the molecule is Cc1cccc(C(=O)OC(C)C(=O)Nc2cccc3ccccc23)c1O. The fraction of sp³-hybridized carbons (Fsp3) is 0.143. The minimum atomic E-state index is -1.01. The Kier molecular flexibility index (Phi) is 4.89. The van der Waals surface area contributed by atoms with Gasteiger partial charge in [-0.2, -0.15) is 0 Å². The average Bonchev–Trinajstić information content (AvgIpc) is 2.64. The lowest BCUT2D eigenvalue weighted by Gasteiger charge is -2.15. The van der Waals surface area contributed by atoms with E-state index in [1.807, 2.05) is 36.4 Å². The van der Waals surface area contributed by atoms with Gasteiger partial charge in [0.25, 0.3) is 5.91 Å². The maximum Gasteiger partial charge on any atom is 0.342 e. The molecule has 0 saturated carbocycles. The number of carbonyl (C=O) groups is 2. The van der Waals surface area contributed by atoms with Crippen molar-refractivity contribution in [2.24, 2.45) is 0 Å². The molecule has 3 rings (SSSR count). The molecule has 1 atom stereocenters. The van der Waals surface area contributed by atoms with Crippen LogP contribution in [0.3, 0.4) is 0 Å². The van der Waals surface area contributed by atoms with Crippen LogP contribution in [0.5, 0.6) is 5.75 Å². The van der Waals surface area contributed by atoms with Crippen LogP contribution in [0.1, 0.15) is 22.8 Å². The summed E-state index contributed by atoms with van der Waals surface area (Å²) in [5.41, 5.74) is 1.25. The first kappa shape index (κ1) is 17.5. The van der Waals surface area contributed by atoms with Crippen LogP contribution >= 0.6 is 0 Å². The van der Waals surface area contributed by atoms with Crippen LogP contribution in [0.4, 0.5) is 5.69 Å². The highest BCUT2D eigenvalue weighted by Crippen LogP contribution is 2.24. The summed E-state index contributed by atoms with van der Waals surface area (Å²) < 4.78 is 5.21. The van der Waals surface area contributed by atoms with Gasteiger partial charge in [-0.3, -0.25) is 4.79 Å². The van der Waals surface area contributed by atoms with Gasteiger partial charge in [-0.15, -0.1) is 0 Å². The number of hydrogen-bond donors (Lipinski definition) is 2. The van der Waals surface area contributed by atoms with E-state index in [0.717, 1.165) is 10.8 Å². The number of anilines is 1. The molecule has 26 heavy (non-hydrogen) atoms. The van der Waals surface area contributed by atoms with E-state index in [2.05, 4.69) is 5.32 Å². The number of hydrogen-bond acceptors (Lipinski definition) is 4. The molecular weight excluding hydrogens is 330 g/mol. The van der Waals surface area contributed by atoms with Crippen LogP contribution < -0.4 is 5.32 Å². The number of para-hydroxylation sites is 1. The number of phenolic OH excluding ortho intramolecular Hbond substituents is 1. The van der Waals surface area contributed by atoms with Gasteiger partial charge >= 0.3 is 5.97 Å².